The number of aryl methyl sites for hydroxylation is 2. The number of ether oxygens (including phenoxy) is 3. The highest BCUT2D eigenvalue weighted by Crippen LogP contribution is 2.29. The predicted octanol–water partition coefficient (Wildman–Crippen LogP) is 4.94. The first kappa shape index (κ1) is 22.6. The van der Waals surface area contributed by atoms with Crippen LogP contribution in [-0.2, 0) is 9.53 Å². The zero-order valence-electron chi connectivity index (χ0n) is 17.1. The SMILES string of the molecule is CCCCOc1ccc(C(=O)OCC(=O)Nc2c(C)cc(C)cc2Cl)cc1OC. The van der Waals surface area contributed by atoms with Crippen LogP contribution in [-0.4, -0.2) is 32.2 Å². The molecule has 7 heteroatoms. The van der Waals surface area contributed by atoms with E-state index in [9.17, 15) is 9.59 Å². The van der Waals surface area contributed by atoms with Crippen LogP contribution in [0.3, 0.4) is 0 Å². The number of carbonyl (C=O) groups is 2. The molecule has 2 aromatic carbocycles. The summed E-state index contributed by atoms with van der Waals surface area (Å²) in [4.78, 5) is 24.5. The molecule has 29 heavy (non-hydrogen) atoms. The normalized spacial score (nSPS) is 10.4. The molecule has 0 saturated carbocycles. The fraction of sp³-hybridized carbons (Fsp3) is 0.364. The van der Waals surface area contributed by atoms with E-state index >= 15 is 0 Å². The molecule has 2 rings (SSSR count). The number of benzene rings is 2. The van der Waals surface area contributed by atoms with Gasteiger partial charge in [-0.25, -0.2) is 4.79 Å². The third-order valence-electron chi connectivity index (χ3n) is 4.19. The number of rotatable bonds is 9. The van der Waals surface area contributed by atoms with Gasteiger partial charge in [0.1, 0.15) is 0 Å². The Morgan fingerprint density at radius 2 is 1.86 bits per heavy atom. The highest BCUT2D eigenvalue weighted by Gasteiger charge is 2.15. The number of amides is 1. The smallest absolute Gasteiger partial charge is 0.338 e. The Morgan fingerprint density at radius 1 is 1.10 bits per heavy atom. The van der Waals surface area contributed by atoms with Crippen molar-refractivity contribution in [1.82, 2.24) is 0 Å². The zero-order valence-corrected chi connectivity index (χ0v) is 17.9. The van der Waals surface area contributed by atoms with E-state index < -0.39 is 18.5 Å². The van der Waals surface area contributed by atoms with Crippen LogP contribution in [0.25, 0.3) is 0 Å². The van der Waals surface area contributed by atoms with Crippen molar-refractivity contribution >= 4 is 29.2 Å². The molecular weight excluding hydrogens is 394 g/mol. The number of nitrogens with one attached hydrogen (secondary N) is 1. The van der Waals surface area contributed by atoms with Gasteiger partial charge < -0.3 is 19.5 Å². The molecule has 0 aromatic heterocycles. The molecule has 0 aliphatic heterocycles. The fourth-order valence-corrected chi connectivity index (χ4v) is 3.07. The van der Waals surface area contributed by atoms with Gasteiger partial charge >= 0.3 is 5.97 Å². The molecule has 156 valence electrons. The quantitative estimate of drug-likeness (QED) is 0.460. The van der Waals surface area contributed by atoms with Crippen LogP contribution in [0.5, 0.6) is 11.5 Å². The molecule has 0 radical (unpaired) electrons. The van der Waals surface area contributed by atoms with E-state index in [-0.39, 0.29) is 5.56 Å². The minimum absolute atomic E-state index is 0.266. The topological polar surface area (TPSA) is 73.9 Å². The summed E-state index contributed by atoms with van der Waals surface area (Å²) >= 11 is 6.18. The van der Waals surface area contributed by atoms with E-state index in [0.717, 1.165) is 24.0 Å². The molecular formula is C22H26ClNO5. The molecule has 0 fully saturated rings. The van der Waals surface area contributed by atoms with Crippen LogP contribution in [0.4, 0.5) is 5.69 Å². The lowest BCUT2D eigenvalue weighted by atomic mass is 10.1. The largest absolute Gasteiger partial charge is 0.493 e. The summed E-state index contributed by atoms with van der Waals surface area (Å²) in [5.74, 6) is -0.120. The first-order chi connectivity index (χ1) is 13.8. The summed E-state index contributed by atoms with van der Waals surface area (Å²) in [6.07, 6.45) is 1.94. The Kier molecular flexibility index (Phi) is 8.34. The first-order valence-electron chi connectivity index (χ1n) is 9.40. The molecule has 0 bridgehead atoms. The number of hydrogen-bond acceptors (Lipinski definition) is 5. The van der Waals surface area contributed by atoms with E-state index in [2.05, 4.69) is 12.2 Å². The second-order valence-corrected chi connectivity index (χ2v) is 7.04. The van der Waals surface area contributed by atoms with Crippen molar-refractivity contribution in [3.63, 3.8) is 0 Å². The standard InChI is InChI=1S/C22H26ClNO5/c1-5-6-9-28-18-8-7-16(12-19(18)27-4)22(26)29-13-20(25)24-21-15(3)10-14(2)11-17(21)23/h7-8,10-12H,5-6,9,13H2,1-4H3,(H,24,25). The molecule has 0 atom stereocenters. The van der Waals surface area contributed by atoms with Gasteiger partial charge in [0.2, 0.25) is 0 Å². The van der Waals surface area contributed by atoms with Crippen molar-refractivity contribution in [1.29, 1.82) is 0 Å². The fourth-order valence-electron chi connectivity index (χ4n) is 2.70. The summed E-state index contributed by atoms with van der Waals surface area (Å²) in [6.45, 7) is 5.97. The average molecular weight is 420 g/mol. The Hall–Kier alpha value is -2.73. The van der Waals surface area contributed by atoms with E-state index in [1.807, 2.05) is 19.9 Å². The van der Waals surface area contributed by atoms with Crippen molar-refractivity contribution in [2.75, 3.05) is 25.6 Å². The molecule has 1 amide bonds. The monoisotopic (exact) mass is 419 g/mol. The summed E-state index contributed by atoms with van der Waals surface area (Å²) < 4.78 is 16.0. The molecule has 0 aliphatic carbocycles. The number of halogens is 1. The van der Waals surface area contributed by atoms with Gasteiger partial charge in [-0.3, -0.25) is 4.79 Å². The van der Waals surface area contributed by atoms with Gasteiger partial charge in [-0.2, -0.15) is 0 Å². The van der Waals surface area contributed by atoms with Crippen LogP contribution >= 0.6 is 11.6 Å². The summed E-state index contributed by atoms with van der Waals surface area (Å²) in [5, 5.41) is 3.12. The Labute approximate surface area is 176 Å². The second kappa shape index (κ2) is 10.7. The van der Waals surface area contributed by atoms with Gasteiger partial charge in [-0.15, -0.1) is 0 Å². The van der Waals surface area contributed by atoms with E-state index in [1.165, 1.54) is 13.2 Å². The maximum absolute atomic E-state index is 12.3. The Balaban J connectivity index is 1.97. The van der Waals surface area contributed by atoms with E-state index in [1.54, 1.807) is 18.2 Å². The number of methoxy groups -OCH3 is 1. The Morgan fingerprint density at radius 3 is 2.52 bits per heavy atom. The van der Waals surface area contributed by atoms with Crippen LogP contribution in [0.2, 0.25) is 5.02 Å². The number of unbranched alkanes of at least 4 members (excludes halogenated alkanes) is 1. The van der Waals surface area contributed by atoms with Gasteiger partial charge in [0.15, 0.2) is 18.1 Å². The minimum atomic E-state index is -0.634. The summed E-state index contributed by atoms with van der Waals surface area (Å²) in [6, 6.07) is 8.42. The van der Waals surface area contributed by atoms with Crippen LogP contribution in [0.15, 0.2) is 30.3 Å². The van der Waals surface area contributed by atoms with Crippen molar-refractivity contribution in [2.45, 2.75) is 33.6 Å². The van der Waals surface area contributed by atoms with E-state index in [4.69, 9.17) is 25.8 Å². The number of hydrogen-bond donors (Lipinski definition) is 1. The van der Waals surface area contributed by atoms with Crippen molar-refractivity contribution in [3.05, 3.63) is 52.0 Å². The third kappa shape index (κ3) is 6.39. The molecule has 0 unspecified atom stereocenters. The number of carbonyl (C=O) groups excluding carboxylic acids is 2. The van der Waals surface area contributed by atoms with Gasteiger partial charge in [-0.1, -0.05) is 31.0 Å². The lowest BCUT2D eigenvalue weighted by molar-refractivity contribution is -0.119. The lowest BCUT2D eigenvalue weighted by Crippen LogP contribution is -2.21. The maximum atomic E-state index is 12.3. The lowest BCUT2D eigenvalue weighted by Gasteiger charge is -2.13. The summed E-state index contributed by atoms with van der Waals surface area (Å²) in [7, 11) is 1.50. The van der Waals surface area contributed by atoms with Crippen LogP contribution in [0.1, 0.15) is 41.3 Å². The second-order valence-electron chi connectivity index (χ2n) is 6.63. The Bertz CT molecular complexity index is 858. The maximum Gasteiger partial charge on any atom is 0.338 e. The van der Waals surface area contributed by atoms with E-state index in [0.29, 0.717) is 28.8 Å². The highest BCUT2D eigenvalue weighted by atomic mass is 35.5. The average Bonchev–Trinajstić information content (AvgIpc) is 2.69. The molecule has 0 heterocycles. The molecule has 0 saturated heterocycles. The molecule has 0 aliphatic rings. The van der Waals surface area contributed by atoms with Crippen molar-refractivity contribution < 1.29 is 23.8 Å². The minimum Gasteiger partial charge on any atom is -0.493 e. The van der Waals surface area contributed by atoms with Gasteiger partial charge in [-0.05, 0) is 55.7 Å². The van der Waals surface area contributed by atoms with Gasteiger partial charge in [0, 0.05) is 0 Å². The van der Waals surface area contributed by atoms with Crippen molar-refractivity contribution in [2.24, 2.45) is 0 Å². The third-order valence-corrected chi connectivity index (χ3v) is 4.48. The predicted molar refractivity (Wildman–Crippen MR) is 113 cm³/mol. The zero-order chi connectivity index (χ0) is 21.4. The van der Waals surface area contributed by atoms with Gasteiger partial charge in [0.25, 0.3) is 5.91 Å². The molecule has 6 nitrogen and oxygen atoms in total. The molecule has 2 aromatic rings. The number of anilines is 1. The highest BCUT2D eigenvalue weighted by molar-refractivity contribution is 6.34. The summed E-state index contributed by atoms with van der Waals surface area (Å²) in [5.41, 5.74) is 2.60. The molecule has 1 N–H and O–H groups in total. The van der Waals surface area contributed by atoms with Crippen molar-refractivity contribution in [3.8, 4) is 11.5 Å². The first-order valence-corrected chi connectivity index (χ1v) is 9.78. The van der Waals surface area contributed by atoms with Crippen LogP contribution in [0, 0.1) is 13.8 Å². The van der Waals surface area contributed by atoms with Crippen LogP contribution < -0.4 is 14.8 Å². The number of esters is 1. The molecule has 0 spiro atoms. The van der Waals surface area contributed by atoms with Gasteiger partial charge in [0.05, 0.1) is 30.0 Å².